The van der Waals surface area contributed by atoms with Crippen molar-refractivity contribution in [2.24, 2.45) is 0 Å². The van der Waals surface area contributed by atoms with Crippen molar-refractivity contribution < 1.29 is 14.3 Å². The highest BCUT2D eigenvalue weighted by Gasteiger charge is 2.19. The summed E-state index contributed by atoms with van der Waals surface area (Å²) in [6, 6.07) is 19.1. The van der Waals surface area contributed by atoms with E-state index in [4.69, 9.17) is 33.7 Å². The van der Waals surface area contributed by atoms with Crippen LogP contribution in [0.15, 0.2) is 66.7 Å². The summed E-state index contributed by atoms with van der Waals surface area (Å²) in [4.78, 5) is 30.9. The number of carbonyl (C=O) groups is 2. The first-order valence-corrected chi connectivity index (χ1v) is 12.1. The molecular weight excluding hydrogens is 513 g/mol. The number of likely N-dealkylation sites (N-methyl/N-ethyl adjacent to an activating group) is 1. The minimum absolute atomic E-state index is 0.0726. The Morgan fingerprint density at radius 2 is 1.84 bits per heavy atom. The number of nitrogens with zero attached hydrogens (tertiary/aromatic N) is 2. The topological polar surface area (TPSA) is 110 Å². The summed E-state index contributed by atoms with van der Waals surface area (Å²) in [6.45, 7) is 1.73. The summed E-state index contributed by atoms with van der Waals surface area (Å²) in [5.74, 6) is 0.214. The largest absolute Gasteiger partial charge is 0.487 e. The van der Waals surface area contributed by atoms with Crippen molar-refractivity contribution in [3.63, 3.8) is 0 Å². The van der Waals surface area contributed by atoms with E-state index in [-0.39, 0.29) is 24.1 Å². The lowest BCUT2D eigenvalue weighted by Crippen LogP contribution is -2.40. The first-order valence-electron chi connectivity index (χ1n) is 11.4. The van der Waals surface area contributed by atoms with Crippen LogP contribution in [0.3, 0.4) is 0 Å². The number of urea groups is 1. The molecule has 0 radical (unpaired) electrons. The minimum Gasteiger partial charge on any atom is -0.487 e. The maximum absolute atomic E-state index is 12.8. The molecule has 1 aromatic heterocycles. The van der Waals surface area contributed by atoms with E-state index in [0.717, 1.165) is 16.6 Å². The van der Waals surface area contributed by atoms with E-state index in [1.807, 2.05) is 37.3 Å². The third-order valence-corrected chi connectivity index (χ3v) is 6.42. The summed E-state index contributed by atoms with van der Waals surface area (Å²) in [5.41, 5.74) is 9.31. The van der Waals surface area contributed by atoms with Crippen molar-refractivity contribution in [1.29, 1.82) is 0 Å². The zero-order chi connectivity index (χ0) is 26.5. The average molecular weight is 538 g/mol. The molecule has 0 aliphatic heterocycles. The molecule has 190 valence electrons. The summed E-state index contributed by atoms with van der Waals surface area (Å²) in [6.07, 6.45) is 0. The molecule has 37 heavy (non-hydrogen) atoms. The second-order valence-corrected chi connectivity index (χ2v) is 9.10. The van der Waals surface area contributed by atoms with Crippen LogP contribution >= 0.6 is 23.2 Å². The van der Waals surface area contributed by atoms with Gasteiger partial charge >= 0.3 is 6.03 Å². The highest BCUT2D eigenvalue weighted by atomic mass is 35.5. The number of rotatable bonds is 7. The molecule has 10 heteroatoms. The van der Waals surface area contributed by atoms with Crippen LogP contribution in [-0.2, 0) is 11.4 Å². The molecule has 0 bridgehead atoms. The second-order valence-electron chi connectivity index (χ2n) is 8.31. The SMILES string of the molecule is Cc1ccc2cccc(OCc3c(Cl)ccc(N(C)C(=O)CNC(=O)Nc4cccc(N)c4)c3Cl)c2n1. The molecule has 3 aromatic carbocycles. The minimum atomic E-state index is -0.539. The summed E-state index contributed by atoms with van der Waals surface area (Å²) in [7, 11) is 1.57. The molecular formula is C27H25Cl2N5O3. The van der Waals surface area contributed by atoms with Crippen LogP contribution in [0.2, 0.25) is 10.0 Å². The first kappa shape index (κ1) is 26.1. The Labute approximate surface area is 224 Å². The zero-order valence-corrected chi connectivity index (χ0v) is 21.7. The van der Waals surface area contributed by atoms with E-state index in [0.29, 0.717) is 33.4 Å². The highest BCUT2D eigenvalue weighted by Crippen LogP contribution is 2.35. The lowest BCUT2D eigenvalue weighted by atomic mass is 10.1. The van der Waals surface area contributed by atoms with Gasteiger partial charge in [0, 0.05) is 40.1 Å². The summed E-state index contributed by atoms with van der Waals surface area (Å²) < 4.78 is 6.05. The van der Waals surface area contributed by atoms with Gasteiger partial charge in [0.2, 0.25) is 5.91 Å². The third-order valence-electron chi connectivity index (χ3n) is 5.64. The van der Waals surface area contributed by atoms with Crippen molar-refractivity contribution in [2.45, 2.75) is 13.5 Å². The number of hydrogen-bond acceptors (Lipinski definition) is 5. The van der Waals surface area contributed by atoms with Crippen LogP contribution in [-0.4, -0.2) is 30.5 Å². The molecule has 0 saturated heterocycles. The van der Waals surface area contributed by atoms with Gasteiger partial charge < -0.3 is 26.0 Å². The van der Waals surface area contributed by atoms with Crippen molar-refractivity contribution in [3.8, 4) is 5.75 Å². The van der Waals surface area contributed by atoms with E-state index in [2.05, 4.69) is 15.6 Å². The van der Waals surface area contributed by atoms with Gasteiger partial charge in [0.15, 0.2) is 0 Å². The molecule has 4 rings (SSSR count). The normalized spacial score (nSPS) is 10.7. The van der Waals surface area contributed by atoms with E-state index < -0.39 is 6.03 Å². The molecule has 4 N–H and O–H groups in total. The number of aromatic nitrogens is 1. The van der Waals surface area contributed by atoms with E-state index in [1.54, 1.807) is 43.4 Å². The lowest BCUT2D eigenvalue weighted by Gasteiger charge is -2.21. The average Bonchev–Trinajstić information content (AvgIpc) is 2.87. The number of halogens is 2. The van der Waals surface area contributed by atoms with Crippen LogP contribution < -0.4 is 26.0 Å². The van der Waals surface area contributed by atoms with Gasteiger partial charge in [-0.1, -0.05) is 47.5 Å². The quantitative estimate of drug-likeness (QED) is 0.258. The highest BCUT2D eigenvalue weighted by molar-refractivity contribution is 6.38. The number of carbonyl (C=O) groups excluding carboxylic acids is 2. The standard InChI is InChI=1S/C27H25Cl2N5O3/c1-16-9-10-17-5-3-8-23(26(17)32-16)37-15-20-21(28)11-12-22(25(20)29)34(2)24(35)14-31-27(36)33-19-7-4-6-18(30)13-19/h3-13H,14-15,30H2,1-2H3,(H2,31,33,36). The maximum Gasteiger partial charge on any atom is 0.319 e. The number of ether oxygens (including phenoxy) is 1. The molecule has 8 nitrogen and oxygen atoms in total. The van der Waals surface area contributed by atoms with E-state index in [9.17, 15) is 9.59 Å². The molecule has 0 saturated carbocycles. The zero-order valence-electron chi connectivity index (χ0n) is 20.2. The van der Waals surface area contributed by atoms with Crippen LogP contribution in [0.4, 0.5) is 21.9 Å². The van der Waals surface area contributed by atoms with Crippen molar-refractivity contribution in [3.05, 3.63) is 88.0 Å². The van der Waals surface area contributed by atoms with E-state index in [1.165, 1.54) is 4.90 Å². The van der Waals surface area contributed by atoms with Gasteiger partial charge in [-0.2, -0.15) is 0 Å². The number of amides is 3. The number of nitrogen functional groups attached to an aromatic ring is 1. The van der Waals surface area contributed by atoms with Gasteiger partial charge in [0.25, 0.3) is 0 Å². The van der Waals surface area contributed by atoms with Gasteiger partial charge in [-0.25, -0.2) is 9.78 Å². The monoisotopic (exact) mass is 537 g/mol. The molecule has 4 aromatic rings. The van der Waals surface area contributed by atoms with E-state index >= 15 is 0 Å². The third kappa shape index (κ3) is 6.22. The number of fused-ring (bicyclic) bond motifs is 1. The Hall–Kier alpha value is -4.01. The maximum atomic E-state index is 12.8. The Bertz CT molecular complexity index is 1480. The van der Waals surface area contributed by atoms with Crippen LogP contribution in [0.1, 0.15) is 11.3 Å². The number of anilines is 3. The number of nitrogens with one attached hydrogen (secondary N) is 2. The Kier molecular flexibility index (Phi) is 8.01. The Morgan fingerprint density at radius 1 is 1.05 bits per heavy atom. The molecule has 0 fully saturated rings. The van der Waals surface area contributed by atoms with Crippen LogP contribution in [0.25, 0.3) is 10.9 Å². The first-order chi connectivity index (χ1) is 17.7. The van der Waals surface area contributed by atoms with Crippen molar-refractivity contribution in [1.82, 2.24) is 10.3 Å². The van der Waals surface area contributed by atoms with Crippen LogP contribution in [0.5, 0.6) is 5.75 Å². The van der Waals surface area contributed by atoms with Gasteiger partial charge in [-0.05, 0) is 49.4 Å². The van der Waals surface area contributed by atoms with Gasteiger partial charge in [-0.3, -0.25) is 4.79 Å². The molecule has 1 heterocycles. The number of benzene rings is 3. The fourth-order valence-corrected chi connectivity index (χ4v) is 4.27. The molecule has 0 aliphatic rings. The number of nitrogens with two attached hydrogens (primary N) is 1. The molecule has 0 aliphatic carbocycles. The molecule has 0 unspecified atom stereocenters. The number of hydrogen-bond donors (Lipinski definition) is 3. The summed E-state index contributed by atoms with van der Waals surface area (Å²) >= 11 is 13.1. The molecule has 0 atom stereocenters. The van der Waals surface area contributed by atoms with Crippen molar-refractivity contribution >= 4 is 63.1 Å². The predicted molar refractivity (Wildman–Crippen MR) is 149 cm³/mol. The fourth-order valence-electron chi connectivity index (χ4n) is 3.66. The second kappa shape index (κ2) is 11.4. The fraction of sp³-hybridized carbons (Fsp3) is 0.148. The van der Waals surface area contributed by atoms with Crippen LogP contribution in [0, 0.1) is 6.92 Å². The lowest BCUT2D eigenvalue weighted by molar-refractivity contribution is -0.117. The number of pyridine rings is 1. The van der Waals surface area contributed by atoms with Crippen molar-refractivity contribution in [2.75, 3.05) is 29.5 Å². The Balaban J connectivity index is 1.44. The van der Waals surface area contributed by atoms with Gasteiger partial charge in [-0.15, -0.1) is 0 Å². The smallest absolute Gasteiger partial charge is 0.319 e. The Morgan fingerprint density at radius 3 is 2.62 bits per heavy atom. The van der Waals surface area contributed by atoms with Gasteiger partial charge in [0.1, 0.15) is 17.9 Å². The molecule has 0 spiro atoms. The number of para-hydroxylation sites is 1. The summed E-state index contributed by atoms with van der Waals surface area (Å²) in [5, 5.41) is 6.79. The molecule has 3 amide bonds. The van der Waals surface area contributed by atoms with Gasteiger partial charge in [0.05, 0.1) is 17.3 Å². The predicted octanol–water partition coefficient (Wildman–Crippen LogP) is 5.80. The number of aryl methyl sites for hydroxylation is 1.